The van der Waals surface area contributed by atoms with E-state index in [-0.39, 0.29) is 5.75 Å². The van der Waals surface area contributed by atoms with Gasteiger partial charge in [0.05, 0.1) is 28.5 Å². The van der Waals surface area contributed by atoms with Crippen LogP contribution < -0.4 is 14.4 Å². The summed E-state index contributed by atoms with van der Waals surface area (Å²) in [5.74, 6) is 0.592. The van der Waals surface area contributed by atoms with Crippen LogP contribution in [0.5, 0.6) is 11.5 Å². The van der Waals surface area contributed by atoms with Crippen molar-refractivity contribution in [1.82, 2.24) is 15.0 Å². The number of anilines is 3. The zero-order valence-electron chi connectivity index (χ0n) is 22.0. The van der Waals surface area contributed by atoms with E-state index in [4.69, 9.17) is 14.5 Å². The van der Waals surface area contributed by atoms with Crippen molar-refractivity contribution in [3.05, 3.63) is 121 Å². The Morgan fingerprint density at radius 1 is 0.595 bits per heavy atom. The minimum atomic E-state index is 0.278. The van der Waals surface area contributed by atoms with E-state index in [9.17, 15) is 9.59 Å². The van der Waals surface area contributed by atoms with Gasteiger partial charge in [-0.1, -0.05) is 36.4 Å². The first-order valence-corrected chi connectivity index (χ1v) is 13.7. The molecule has 6 aromatic rings. The molecule has 0 radical (unpaired) electrons. The minimum Gasteiger partial charge on any atom is -0.429 e. The van der Waals surface area contributed by atoms with Crippen molar-refractivity contribution in [2.24, 2.45) is 0 Å². The summed E-state index contributed by atoms with van der Waals surface area (Å²) in [6, 6.07) is 32.9. The summed E-state index contributed by atoms with van der Waals surface area (Å²) in [6.07, 6.45) is 3.23. The number of benzene rings is 2. The fourth-order valence-electron chi connectivity index (χ4n) is 4.49. The monoisotopic (exact) mass is 570 g/mol. The van der Waals surface area contributed by atoms with Gasteiger partial charge in [0.1, 0.15) is 11.5 Å². The zero-order chi connectivity index (χ0) is 28.7. The molecule has 4 heterocycles. The summed E-state index contributed by atoms with van der Waals surface area (Å²) in [7, 11) is 0. The molecule has 0 saturated heterocycles. The smallest absolute Gasteiger partial charge is 0.298 e. The third-order valence-electron chi connectivity index (χ3n) is 6.34. The second kappa shape index (κ2) is 12.2. The average molecular weight is 571 g/mol. The highest BCUT2D eigenvalue weighted by atomic mass is 32.1. The van der Waals surface area contributed by atoms with Gasteiger partial charge in [-0.3, -0.25) is 19.6 Å². The lowest BCUT2D eigenvalue weighted by atomic mass is 10.1. The lowest BCUT2D eigenvalue weighted by Crippen LogP contribution is -2.08. The maximum absolute atomic E-state index is 11.2. The fourth-order valence-corrected chi connectivity index (χ4v) is 5.36. The van der Waals surface area contributed by atoms with Crippen molar-refractivity contribution in [2.75, 3.05) is 4.90 Å². The fraction of sp³-hybridized carbons (Fsp3) is 0. The Labute approximate surface area is 245 Å². The van der Waals surface area contributed by atoms with Gasteiger partial charge in [0.25, 0.3) is 12.9 Å². The van der Waals surface area contributed by atoms with Crippen LogP contribution in [0.1, 0.15) is 0 Å². The number of aromatic nitrogens is 3. The van der Waals surface area contributed by atoms with E-state index in [0.717, 1.165) is 27.5 Å². The van der Waals surface area contributed by atoms with E-state index in [1.807, 2.05) is 48.5 Å². The molecule has 4 aromatic heterocycles. The molecule has 42 heavy (non-hydrogen) atoms. The highest BCUT2D eigenvalue weighted by Crippen LogP contribution is 2.40. The third-order valence-corrected chi connectivity index (χ3v) is 7.31. The average Bonchev–Trinajstić information content (AvgIpc) is 3.52. The first-order chi connectivity index (χ1) is 20.7. The number of pyridine rings is 3. The van der Waals surface area contributed by atoms with Crippen LogP contribution in [0, 0.1) is 0 Å². The molecule has 2 aromatic carbocycles. The van der Waals surface area contributed by atoms with Gasteiger partial charge >= 0.3 is 0 Å². The number of thiophene rings is 1. The van der Waals surface area contributed by atoms with Crippen LogP contribution in [-0.2, 0) is 9.59 Å². The van der Waals surface area contributed by atoms with Gasteiger partial charge < -0.3 is 14.4 Å². The summed E-state index contributed by atoms with van der Waals surface area (Å²) in [6.45, 7) is 0.693. The van der Waals surface area contributed by atoms with Crippen LogP contribution in [0.15, 0.2) is 121 Å². The number of ether oxygens (including phenoxy) is 2. The predicted octanol–water partition coefficient (Wildman–Crippen LogP) is 7.47. The van der Waals surface area contributed by atoms with Crippen LogP contribution in [0.2, 0.25) is 0 Å². The Morgan fingerprint density at radius 3 is 1.81 bits per heavy atom. The van der Waals surface area contributed by atoms with Crippen molar-refractivity contribution in [1.29, 1.82) is 0 Å². The number of carbonyl (C=O) groups excluding carboxylic acids is 2. The first kappa shape index (κ1) is 26.5. The second-order valence-corrected chi connectivity index (χ2v) is 9.89. The molecule has 0 atom stereocenters. The maximum Gasteiger partial charge on any atom is 0.298 e. The van der Waals surface area contributed by atoms with Crippen LogP contribution >= 0.6 is 11.3 Å². The minimum absolute atomic E-state index is 0.278. The summed E-state index contributed by atoms with van der Waals surface area (Å²) in [5.41, 5.74) is 6.05. The molecule has 0 aliphatic rings. The van der Waals surface area contributed by atoms with Gasteiger partial charge in [-0.25, -0.2) is 4.98 Å². The zero-order valence-corrected chi connectivity index (χ0v) is 22.8. The first-order valence-electron chi connectivity index (χ1n) is 12.9. The molecule has 0 fully saturated rings. The molecule has 9 heteroatoms. The van der Waals surface area contributed by atoms with Gasteiger partial charge in [-0.05, 0) is 54.1 Å². The van der Waals surface area contributed by atoms with E-state index in [0.29, 0.717) is 41.5 Å². The van der Waals surface area contributed by atoms with Crippen LogP contribution in [-0.4, -0.2) is 27.9 Å². The van der Waals surface area contributed by atoms with Crippen LogP contribution in [0.4, 0.5) is 17.1 Å². The van der Waals surface area contributed by atoms with Crippen LogP contribution in [0.3, 0.4) is 0 Å². The van der Waals surface area contributed by atoms with Crippen molar-refractivity contribution < 1.29 is 19.1 Å². The largest absolute Gasteiger partial charge is 0.429 e. The Balaban J connectivity index is 1.37. The molecule has 0 N–H and O–H groups in total. The Kier molecular flexibility index (Phi) is 7.74. The van der Waals surface area contributed by atoms with Crippen molar-refractivity contribution in [3.8, 4) is 44.7 Å². The standard InChI is InChI=1S/C33H22N4O4S/c38-21-40-27-12-14-35-30(17-27)32-19-28(41-22-39)18-31(36-32)29-15-23(11-13-34-29)33-16-26(20-42-33)37(24-7-3-1-4-8-24)25-9-5-2-6-10-25/h1-22H. The Hall–Kier alpha value is -5.67. The summed E-state index contributed by atoms with van der Waals surface area (Å²) < 4.78 is 10.1. The molecule has 0 amide bonds. The SMILES string of the molecule is O=COc1ccnc(-c2cc(OC=O)cc(-c3cc(-c4cc(N(c5ccccc5)c5ccccc5)cs4)ccn3)n2)c1. The number of hydrogen-bond donors (Lipinski definition) is 0. The topological polar surface area (TPSA) is 94.5 Å². The summed E-state index contributed by atoms with van der Waals surface area (Å²) in [4.78, 5) is 38.9. The number of para-hydroxylation sites is 2. The summed E-state index contributed by atoms with van der Waals surface area (Å²) in [5, 5.41) is 2.13. The van der Waals surface area contributed by atoms with Gasteiger partial charge in [0.15, 0.2) is 0 Å². The molecule has 204 valence electrons. The normalized spacial score (nSPS) is 10.6. The molecule has 0 aliphatic carbocycles. The molecule has 0 aliphatic heterocycles. The molecule has 0 bridgehead atoms. The van der Waals surface area contributed by atoms with E-state index in [1.54, 1.807) is 41.8 Å². The molecule has 0 unspecified atom stereocenters. The quantitative estimate of drug-likeness (QED) is 0.157. The predicted molar refractivity (Wildman–Crippen MR) is 162 cm³/mol. The lowest BCUT2D eigenvalue weighted by Gasteiger charge is -2.23. The highest BCUT2D eigenvalue weighted by molar-refractivity contribution is 7.14. The maximum atomic E-state index is 11.2. The summed E-state index contributed by atoms with van der Waals surface area (Å²) >= 11 is 1.63. The van der Waals surface area contributed by atoms with Gasteiger partial charge in [-0.2, -0.15) is 0 Å². The highest BCUT2D eigenvalue weighted by Gasteiger charge is 2.16. The van der Waals surface area contributed by atoms with E-state index in [2.05, 4.69) is 50.6 Å². The number of rotatable bonds is 10. The van der Waals surface area contributed by atoms with E-state index in [1.165, 1.54) is 6.20 Å². The van der Waals surface area contributed by atoms with Crippen molar-refractivity contribution in [3.63, 3.8) is 0 Å². The van der Waals surface area contributed by atoms with E-state index < -0.39 is 0 Å². The molecular formula is C33H22N4O4S. The van der Waals surface area contributed by atoms with E-state index >= 15 is 0 Å². The van der Waals surface area contributed by atoms with Gasteiger partial charge in [-0.15, -0.1) is 11.3 Å². The molecular weight excluding hydrogens is 548 g/mol. The molecule has 6 rings (SSSR count). The third kappa shape index (κ3) is 5.77. The lowest BCUT2D eigenvalue weighted by molar-refractivity contribution is -0.121. The number of carbonyl (C=O) groups is 2. The molecule has 0 saturated carbocycles. The molecule has 0 spiro atoms. The van der Waals surface area contributed by atoms with Crippen molar-refractivity contribution in [2.45, 2.75) is 0 Å². The molecule has 8 nitrogen and oxygen atoms in total. The number of nitrogens with zero attached hydrogens (tertiary/aromatic N) is 4. The second-order valence-electron chi connectivity index (χ2n) is 8.98. The Morgan fingerprint density at radius 2 is 1.17 bits per heavy atom. The van der Waals surface area contributed by atoms with Gasteiger partial charge in [0.2, 0.25) is 0 Å². The number of hydrogen-bond acceptors (Lipinski definition) is 9. The van der Waals surface area contributed by atoms with Crippen molar-refractivity contribution >= 4 is 41.3 Å². The van der Waals surface area contributed by atoms with Crippen LogP contribution in [0.25, 0.3) is 33.2 Å². The Bertz CT molecular complexity index is 1800. The van der Waals surface area contributed by atoms with Gasteiger partial charge in [0, 0.05) is 52.2 Å².